The maximum absolute atomic E-state index is 12.4. The third-order valence-corrected chi connectivity index (χ3v) is 2.27. The predicted molar refractivity (Wildman–Crippen MR) is 57.4 cm³/mol. The number of Topliss-reactive ketones (excluding diaryl/α,β-unsaturated/α-hetero) is 1. The topological polar surface area (TPSA) is 26.3 Å². The van der Waals surface area contributed by atoms with Gasteiger partial charge in [-0.2, -0.15) is 13.2 Å². The highest BCUT2D eigenvalue weighted by atomic mass is 19.4. The molecule has 0 atom stereocenters. The number of carbonyl (C=O) groups excluding carboxylic acids is 1. The first kappa shape index (κ1) is 13.5. The molecule has 17 heavy (non-hydrogen) atoms. The van der Waals surface area contributed by atoms with Gasteiger partial charge in [-0.3, -0.25) is 4.79 Å². The molecule has 0 saturated carbocycles. The Morgan fingerprint density at radius 1 is 1.29 bits per heavy atom. The summed E-state index contributed by atoms with van der Waals surface area (Å²) in [5.41, 5.74) is 0.181. The molecule has 2 nitrogen and oxygen atoms in total. The molecule has 0 fully saturated rings. The number of benzene rings is 1. The molecule has 0 saturated heterocycles. The van der Waals surface area contributed by atoms with Gasteiger partial charge in [0.1, 0.15) is 5.75 Å². The normalized spacial score (nSPS) is 11.4. The number of hydrogen-bond donors (Lipinski definition) is 0. The molecule has 0 unspecified atom stereocenters. The van der Waals surface area contributed by atoms with Gasteiger partial charge in [0.15, 0.2) is 0 Å². The number of ether oxygens (including phenoxy) is 1. The zero-order chi connectivity index (χ0) is 13.1. The van der Waals surface area contributed by atoms with E-state index in [-0.39, 0.29) is 12.4 Å². The Morgan fingerprint density at radius 3 is 2.41 bits per heavy atom. The second-order valence-corrected chi connectivity index (χ2v) is 3.41. The maximum Gasteiger partial charge on any atom is 0.455 e. The SMILES string of the molecule is CCOc1c(CC)cccc1C(=O)C(F)(F)F. The minimum absolute atomic E-state index is 0.0415. The van der Waals surface area contributed by atoms with Gasteiger partial charge in [0.2, 0.25) is 0 Å². The van der Waals surface area contributed by atoms with E-state index in [0.717, 1.165) is 6.07 Å². The van der Waals surface area contributed by atoms with Gasteiger partial charge in [0.25, 0.3) is 5.78 Å². The Morgan fingerprint density at radius 2 is 1.94 bits per heavy atom. The molecular weight excluding hydrogens is 233 g/mol. The van der Waals surface area contributed by atoms with Gasteiger partial charge in [-0.25, -0.2) is 0 Å². The van der Waals surface area contributed by atoms with Crippen molar-refractivity contribution in [2.45, 2.75) is 26.4 Å². The van der Waals surface area contributed by atoms with E-state index >= 15 is 0 Å². The number of hydrogen-bond acceptors (Lipinski definition) is 2. The van der Waals surface area contributed by atoms with E-state index in [1.54, 1.807) is 19.9 Å². The quantitative estimate of drug-likeness (QED) is 0.761. The molecule has 0 aliphatic carbocycles. The summed E-state index contributed by atoms with van der Waals surface area (Å²) in [6, 6.07) is 4.22. The standard InChI is InChI=1S/C12H13F3O2/c1-3-8-6-5-7-9(10(8)17-4-2)11(16)12(13,14)15/h5-7H,3-4H2,1-2H3. The highest BCUT2D eigenvalue weighted by Gasteiger charge is 2.41. The summed E-state index contributed by atoms with van der Waals surface area (Å²) < 4.78 is 42.3. The van der Waals surface area contributed by atoms with Crippen molar-refractivity contribution in [3.05, 3.63) is 29.3 Å². The van der Waals surface area contributed by atoms with E-state index in [2.05, 4.69) is 0 Å². The van der Waals surface area contributed by atoms with E-state index in [4.69, 9.17) is 4.74 Å². The first-order valence-corrected chi connectivity index (χ1v) is 5.28. The molecule has 0 aromatic heterocycles. The zero-order valence-corrected chi connectivity index (χ0v) is 9.60. The second-order valence-electron chi connectivity index (χ2n) is 3.41. The van der Waals surface area contributed by atoms with Crippen LogP contribution in [-0.4, -0.2) is 18.6 Å². The van der Waals surface area contributed by atoms with Crippen LogP contribution in [0.4, 0.5) is 13.2 Å². The fourth-order valence-electron chi connectivity index (χ4n) is 1.51. The van der Waals surface area contributed by atoms with Crippen LogP contribution in [0.1, 0.15) is 29.8 Å². The van der Waals surface area contributed by atoms with Crippen LogP contribution in [0.15, 0.2) is 18.2 Å². The number of ketones is 1. The minimum atomic E-state index is -4.88. The van der Waals surface area contributed by atoms with Crippen LogP contribution in [0.5, 0.6) is 5.75 Å². The largest absolute Gasteiger partial charge is 0.493 e. The number of carbonyl (C=O) groups is 1. The summed E-state index contributed by atoms with van der Waals surface area (Å²) in [6.45, 7) is 3.67. The molecule has 1 rings (SSSR count). The van der Waals surface area contributed by atoms with Crippen molar-refractivity contribution in [2.75, 3.05) is 6.61 Å². The molecule has 5 heteroatoms. The van der Waals surface area contributed by atoms with Crippen molar-refractivity contribution < 1.29 is 22.7 Å². The Hall–Kier alpha value is -1.52. The Labute approximate surface area is 97.4 Å². The fourth-order valence-corrected chi connectivity index (χ4v) is 1.51. The van der Waals surface area contributed by atoms with E-state index < -0.39 is 17.5 Å². The van der Waals surface area contributed by atoms with Crippen LogP contribution in [0.3, 0.4) is 0 Å². The Bertz CT molecular complexity index is 411. The molecule has 94 valence electrons. The highest BCUT2D eigenvalue weighted by Crippen LogP contribution is 2.30. The Kier molecular flexibility index (Phi) is 4.15. The summed E-state index contributed by atoms with van der Waals surface area (Å²) in [5, 5.41) is 0. The van der Waals surface area contributed by atoms with Crippen LogP contribution in [0, 0.1) is 0 Å². The van der Waals surface area contributed by atoms with Crippen LogP contribution >= 0.6 is 0 Å². The first-order chi connectivity index (χ1) is 7.91. The summed E-state index contributed by atoms with van der Waals surface area (Å²) in [7, 11) is 0. The van der Waals surface area contributed by atoms with E-state index in [9.17, 15) is 18.0 Å². The monoisotopic (exact) mass is 246 g/mol. The van der Waals surface area contributed by atoms with Gasteiger partial charge in [-0.1, -0.05) is 19.1 Å². The van der Waals surface area contributed by atoms with E-state index in [1.807, 2.05) is 0 Å². The van der Waals surface area contributed by atoms with Crippen molar-refractivity contribution in [1.82, 2.24) is 0 Å². The van der Waals surface area contributed by atoms with Gasteiger partial charge in [0, 0.05) is 0 Å². The molecular formula is C12H13F3O2. The summed E-state index contributed by atoms with van der Waals surface area (Å²) in [4.78, 5) is 11.2. The van der Waals surface area contributed by atoms with Crippen LogP contribution in [0.2, 0.25) is 0 Å². The second kappa shape index (κ2) is 5.21. The number of rotatable bonds is 4. The molecule has 0 heterocycles. The molecule has 0 amide bonds. The maximum atomic E-state index is 12.4. The molecule has 0 N–H and O–H groups in total. The highest BCUT2D eigenvalue weighted by molar-refractivity contribution is 6.02. The molecule has 0 radical (unpaired) electrons. The van der Waals surface area contributed by atoms with Crippen molar-refractivity contribution >= 4 is 5.78 Å². The average Bonchev–Trinajstić information content (AvgIpc) is 2.27. The number of halogens is 3. The van der Waals surface area contributed by atoms with E-state index in [0.29, 0.717) is 12.0 Å². The molecule has 0 aliphatic heterocycles. The van der Waals surface area contributed by atoms with Crippen LogP contribution < -0.4 is 4.74 Å². The molecule has 0 bridgehead atoms. The lowest BCUT2D eigenvalue weighted by Crippen LogP contribution is -2.23. The van der Waals surface area contributed by atoms with Crippen molar-refractivity contribution in [3.63, 3.8) is 0 Å². The number of alkyl halides is 3. The van der Waals surface area contributed by atoms with Gasteiger partial charge < -0.3 is 4.74 Å². The molecule has 0 aliphatic rings. The molecule has 0 spiro atoms. The smallest absolute Gasteiger partial charge is 0.455 e. The first-order valence-electron chi connectivity index (χ1n) is 5.28. The van der Waals surface area contributed by atoms with E-state index in [1.165, 1.54) is 6.07 Å². The lowest BCUT2D eigenvalue weighted by Gasteiger charge is -2.14. The Balaban J connectivity index is 3.28. The predicted octanol–water partition coefficient (Wildman–Crippen LogP) is 3.39. The number of aryl methyl sites for hydroxylation is 1. The van der Waals surface area contributed by atoms with Crippen molar-refractivity contribution in [2.24, 2.45) is 0 Å². The van der Waals surface area contributed by atoms with Crippen molar-refractivity contribution in [1.29, 1.82) is 0 Å². The third-order valence-electron chi connectivity index (χ3n) is 2.27. The average molecular weight is 246 g/mol. The van der Waals surface area contributed by atoms with Crippen LogP contribution in [-0.2, 0) is 6.42 Å². The fraction of sp³-hybridized carbons (Fsp3) is 0.417. The lowest BCUT2D eigenvalue weighted by atomic mass is 10.0. The summed E-state index contributed by atoms with van der Waals surface area (Å²) >= 11 is 0. The van der Waals surface area contributed by atoms with Gasteiger partial charge in [0.05, 0.1) is 12.2 Å². The summed E-state index contributed by atoms with van der Waals surface area (Å²) in [5.74, 6) is -1.82. The van der Waals surface area contributed by atoms with Gasteiger partial charge >= 0.3 is 6.18 Å². The van der Waals surface area contributed by atoms with Crippen LogP contribution in [0.25, 0.3) is 0 Å². The summed E-state index contributed by atoms with van der Waals surface area (Å²) in [6.07, 6.45) is -4.37. The molecule has 1 aromatic carbocycles. The number of para-hydroxylation sites is 1. The van der Waals surface area contributed by atoms with Gasteiger partial charge in [-0.15, -0.1) is 0 Å². The minimum Gasteiger partial charge on any atom is -0.493 e. The third kappa shape index (κ3) is 2.99. The van der Waals surface area contributed by atoms with Crippen molar-refractivity contribution in [3.8, 4) is 5.75 Å². The molecule has 1 aromatic rings. The zero-order valence-electron chi connectivity index (χ0n) is 9.60. The lowest BCUT2D eigenvalue weighted by molar-refractivity contribution is -0.0886. The van der Waals surface area contributed by atoms with Gasteiger partial charge in [-0.05, 0) is 25.0 Å².